The molecule has 2 N–H and O–H groups in total. The summed E-state index contributed by atoms with van der Waals surface area (Å²) in [4.78, 5) is 5.63. The molecule has 98 valence electrons. The fraction of sp³-hybridized carbons (Fsp3) is 0.643. The van der Waals surface area contributed by atoms with E-state index in [0.717, 1.165) is 32.2 Å². The largest absolute Gasteiger partial charge is 0.364 e. The lowest BCUT2D eigenvalue weighted by Crippen LogP contribution is -2.48. The van der Waals surface area contributed by atoms with Gasteiger partial charge in [-0.05, 0) is 51.9 Å². The molecule has 0 saturated heterocycles. The first-order valence-corrected chi connectivity index (χ1v) is 6.62. The van der Waals surface area contributed by atoms with Gasteiger partial charge in [0.15, 0.2) is 0 Å². The van der Waals surface area contributed by atoms with E-state index in [9.17, 15) is 5.26 Å². The minimum absolute atomic E-state index is 0.288. The van der Waals surface area contributed by atoms with Crippen LogP contribution in [0, 0.1) is 11.3 Å². The van der Waals surface area contributed by atoms with Gasteiger partial charge in [0.1, 0.15) is 5.54 Å². The maximum atomic E-state index is 9.24. The Morgan fingerprint density at radius 1 is 1.56 bits per heavy atom. The van der Waals surface area contributed by atoms with Crippen LogP contribution in [0.1, 0.15) is 31.4 Å². The molecule has 0 spiro atoms. The molecule has 1 aliphatic rings. The maximum Gasteiger partial charge on any atom is 0.106 e. The third kappa shape index (κ3) is 2.74. The van der Waals surface area contributed by atoms with E-state index in [4.69, 9.17) is 0 Å². The Morgan fingerprint density at radius 3 is 2.78 bits per heavy atom. The Morgan fingerprint density at radius 2 is 2.28 bits per heavy atom. The lowest BCUT2D eigenvalue weighted by molar-refractivity contribution is 0.150. The van der Waals surface area contributed by atoms with E-state index in [1.165, 1.54) is 5.69 Å². The fourth-order valence-corrected chi connectivity index (χ4v) is 2.82. The van der Waals surface area contributed by atoms with Crippen LogP contribution in [0.15, 0.2) is 18.3 Å². The summed E-state index contributed by atoms with van der Waals surface area (Å²) in [5, 5.41) is 12.4. The summed E-state index contributed by atoms with van der Waals surface area (Å²) >= 11 is 0. The van der Waals surface area contributed by atoms with E-state index in [2.05, 4.69) is 34.4 Å². The van der Waals surface area contributed by atoms with Gasteiger partial charge in [-0.15, -0.1) is 0 Å². The van der Waals surface area contributed by atoms with Crippen molar-refractivity contribution in [3.8, 4) is 6.07 Å². The summed E-state index contributed by atoms with van der Waals surface area (Å²) in [6, 6.07) is 7.17. The molecular formula is C14H22N4. The molecule has 0 atom stereocenters. The summed E-state index contributed by atoms with van der Waals surface area (Å²) in [6.07, 6.45) is 6.03. The van der Waals surface area contributed by atoms with Gasteiger partial charge in [0.25, 0.3) is 0 Å². The number of nitrogens with one attached hydrogen (secondary N) is 2. The Bertz CT molecular complexity index is 396. The predicted molar refractivity (Wildman–Crippen MR) is 71.9 cm³/mol. The molecule has 1 aromatic rings. The molecule has 0 aliphatic heterocycles. The second-order valence-electron chi connectivity index (χ2n) is 5.29. The molecule has 4 heteroatoms. The monoisotopic (exact) mass is 246 g/mol. The van der Waals surface area contributed by atoms with E-state index >= 15 is 0 Å². The van der Waals surface area contributed by atoms with Gasteiger partial charge in [0, 0.05) is 24.5 Å². The minimum Gasteiger partial charge on any atom is -0.364 e. The van der Waals surface area contributed by atoms with Crippen molar-refractivity contribution in [2.75, 3.05) is 14.1 Å². The third-order valence-corrected chi connectivity index (χ3v) is 4.21. The Kier molecular flexibility index (Phi) is 4.05. The SMILES string of the molecule is CNC1(C#N)CCC(N(C)Cc2ccc[nH]2)CC1. The molecule has 0 unspecified atom stereocenters. The Labute approximate surface area is 109 Å². The number of hydrogen-bond acceptors (Lipinski definition) is 3. The van der Waals surface area contributed by atoms with E-state index in [-0.39, 0.29) is 5.54 Å². The van der Waals surface area contributed by atoms with Gasteiger partial charge in [-0.3, -0.25) is 4.90 Å². The summed E-state index contributed by atoms with van der Waals surface area (Å²) in [5.74, 6) is 0. The summed E-state index contributed by atoms with van der Waals surface area (Å²) in [6.45, 7) is 0.955. The number of H-pyrrole nitrogens is 1. The van der Waals surface area contributed by atoms with Crippen LogP contribution in [0.25, 0.3) is 0 Å². The molecular weight excluding hydrogens is 224 g/mol. The zero-order chi connectivity index (χ0) is 13.0. The zero-order valence-electron chi connectivity index (χ0n) is 11.2. The molecule has 0 bridgehead atoms. The number of hydrogen-bond donors (Lipinski definition) is 2. The van der Waals surface area contributed by atoms with Gasteiger partial charge >= 0.3 is 0 Å². The van der Waals surface area contributed by atoms with Crippen LogP contribution < -0.4 is 5.32 Å². The van der Waals surface area contributed by atoms with Crippen LogP contribution in [0.2, 0.25) is 0 Å². The molecule has 1 heterocycles. The normalized spacial score (nSPS) is 28.2. The molecule has 2 rings (SSSR count). The van der Waals surface area contributed by atoms with E-state index in [1.54, 1.807) is 0 Å². The molecule has 0 radical (unpaired) electrons. The minimum atomic E-state index is -0.288. The van der Waals surface area contributed by atoms with E-state index in [1.807, 2.05) is 19.3 Å². The van der Waals surface area contributed by atoms with Crippen molar-refractivity contribution in [1.29, 1.82) is 5.26 Å². The van der Waals surface area contributed by atoms with Crippen LogP contribution in [0.3, 0.4) is 0 Å². The summed E-state index contributed by atoms with van der Waals surface area (Å²) in [5.41, 5.74) is 0.965. The van der Waals surface area contributed by atoms with Crippen LogP contribution in [0.4, 0.5) is 0 Å². The van der Waals surface area contributed by atoms with E-state index < -0.39 is 0 Å². The highest BCUT2D eigenvalue weighted by Gasteiger charge is 2.35. The first kappa shape index (κ1) is 13.1. The molecule has 4 nitrogen and oxygen atoms in total. The van der Waals surface area contributed by atoms with Gasteiger partial charge in [-0.1, -0.05) is 0 Å². The van der Waals surface area contributed by atoms with Crippen molar-refractivity contribution in [1.82, 2.24) is 15.2 Å². The van der Waals surface area contributed by atoms with Crippen molar-refractivity contribution in [3.05, 3.63) is 24.0 Å². The Balaban J connectivity index is 1.88. The van der Waals surface area contributed by atoms with Crippen molar-refractivity contribution in [2.45, 2.75) is 43.8 Å². The van der Waals surface area contributed by atoms with Gasteiger partial charge in [0.2, 0.25) is 0 Å². The number of aromatic amines is 1. The average Bonchev–Trinajstić information content (AvgIpc) is 2.91. The summed E-state index contributed by atoms with van der Waals surface area (Å²) in [7, 11) is 4.07. The van der Waals surface area contributed by atoms with Gasteiger partial charge in [0.05, 0.1) is 6.07 Å². The first-order valence-electron chi connectivity index (χ1n) is 6.62. The van der Waals surface area contributed by atoms with E-state index in [0.29, 0.717) is 6.04 Å². The maximum absolute atomic E-state index is 9.24. The lowest BCUT2D eigenvalue weighted by Gasteiger charge is -2.38. The second-order valence-corrected chi connectivity index (χ2v) is 5.29. The zero-order valence-corrected chi connectivity index (χ0v) is 11.2. The quantitative estimate of drug-likeness (QED) is 0.852. The van der Waals surface area contributed by atoms with Crippen LogP contribution in [-0.4, -0.2) is 35.6 Å². The van der Waals surface area contributed by atoms with Gasteiger partial charge in [-0.25, -0.2) is 0 Å². The van der Waals surface area contributed by atoms with Crippen molar-refractivity contribution in [2.24, 2.45) is 0 Å². The fourth-order valence-electron chi connectivity index (χ4n) is 2.82. The molecule has 1 fully saturated rings. The number of nitrogens with zero attached hydrogens (tertiary/aromatic N) is 2. The smallest absolute Gasteiger partial charge is 0.106 e. The molecule has 1 aliphatic carbocycles. The molecule has 0 amide bonds. The van der Waals surface area contributed by atoms with Crippen LogP contribution >= 0.6 is 0 Å². The molecule has 1 saturated carbocycles. The highest BCUT2D eigenvalue weighted by atomic mass is 15.1. The Hall–Kier alpha value is -1.31. The number of aromatic nitrogens is 1. The number of nitriles is 1. The van der Waals surface area contributed by atoms with Crippen molar-refractivity contribution >= 4 is 0 Å². The number of rotatable bonds is 4. The van der Waals surface area contributed by atoms with Crippen molar-refractivity contribution < 1.29 is 0 Å². The average molecular weight is 246 g/mol. The van der Waals surface area contributed by atoms with Crippen molar-refractivity contribution in [3.63, 3.8) is 0 Å². The van der Waals surface area contributed by atoms with Gasteiger partial charge < -0.3 is 10.3 Å². The topological polar surface area (TPSA) is 54.9 Å². The second kappa shape index (κ2) is 5.55. The lowest BCUT2D eigenvalue weighted by atomic mass is 9.80. The van der Waals surface area contributed by atoms with Crippen LogP contribution in [-0.2, 0) is 6.54 Å². The predicted octanol–water partition coefficient (Wildman–Crippen LogP) is 1.87. The van der Waals surface area contributed by atoms with Gasteiger partial charge in [-0.2, -0.15) is 5.26 Å². The van der Waals surface area contributed by atoms with Crippen LogP contribution in [0.5, 0.6) is 0 Å². The summed E-state index contributed by atoms with van der Waals surface area (Å²) < 4.78 is 0. The highest BCUT2D eigenvalue weighted by Crippen LogP contribution is 2.30. The molecule has 0 aromatic carbocycles. The molecule has 18 heavy (non-hydrogen) atoms. The molecule has 1 aromatic heterocycles. The third-order valence-electron chi connectivity index (χ3n) is 4.21. The standard InChI is InChI=1S/C14H22N4/c1-16-14(11-15)7-5-13(6-8-14)18(2)10-12-4-3-9-17-12/h3-4,9,13,16-17H,5-8,10H2,1-2H3. The first-order chi connectivity index (χ1) is 8.69. The highest BCUT2D eigenvalue weighted by molar-refractivity contribution is 5.10.